The summed E-state index contributed by atoms with van der Waals surface area (Å²) in [5.74, 6) is 1.35. The van der Waals surface area contributed by atoms with E-state index in [-0.39, 0.29) is 11.9 Å². The molecule has 6 rings (SSSR count). The topological polar surface area (TPSA) is 87.1 Å². The molecule has 4 aliphatic rings. The number of carbonyl (C=O) groups excluding carboxylic acids is 1. The zero-order valence-corrected chi connectivity index (χ0v) is 15.2. The summed E-state index contributed by atoms with van der Waals surface area (Å²) in [7, 11) is 0. The monoisotopic (exact) mass is 370 g/mol. The highest BCUT2D eigenvalue weighted by Gasteiger charge is 2.55. The zero-order chi connectivity index (χ0) is 17.7. The second kappa shape index (κ2) is 6.03. The van der Waals surface area contributed by atoms with Gasteiger partial charge < -0.3 is 15.7 Å². The van der Waals surface area contributed by atoms with E-state index in [1.54, 1.807) is 17.8 Å². The van der Waals surface area contributed by atoms with Gasteiger partial charge in [-0.15, -0.1) is 11.3 Å². The van der Waals surface area contributed by atoms with Crippen molar-refractivity contribution in [3.8, 4) is 0 Å². The lowest BCUT2D eigenvalue weighted by molar-refractivity contribution is -0.136. The van der Waals surface area contributed by atoms with Crippen LogP contribution in [0.3, 0.4) is 0 Å². The Morgan fingerprint density at radius 2 is 1.92 bits per heavy atom. The number of pyridine rings is 1. The number of hydrogen-bond acceptors (Lipinski definition) is 6. The normalized spacial score (nSPS) is 34.7. The first-order valence-corrected chi connectivity index (χ1v) is 10.1. The van der Waals surface area contributed by atoms with Crippen LogP contribution in [-0.4, -0.2) is 32.6 Å². The van der Waals surface area contributed by atoms with E-state index in [1.165, 1.54) is 11.3 Å². The molecule has 2 aromatic rings. The van der Waals surface area contributed by atoms with Crippen molar-refractivity contribution in [2.75, 3.05) is 5.32 Å². The van der Waals surface area contributed by atoms with Gasteiger partial charge in [0.2, 0.25) is 0 Å². The second-order valence-electron chi connectivity index (χ2n) is 8.09. The van der Waals surface area contributed by atoms with Crippen molar-refractivity contribution in [2.24, 2.45) is 17.8 Å². The van der Waals surface area contributed by atoms with Gasteiger partial charge in [-0.3, -0.25) is 9.78 Å². The Morgan fingerprint density at radius 1 is 1.19 bits per heavy atom. The van der Waals surface area contributed by atoms with Crippen LogP contribution in [0.25, 0.3) is 0 Å². The Bertz CT molecular complexity index is 808. The highest BCUT2D eigenvalue weighted by atomic mass is 32.1. The van der Waals surface area contributed by atoms with Gasteiger partial charge in [0.15, 0.2) is 5.13 Å². The van der Waals surface area contributed by atoms with Crippen LogP contribution < -0.4 is 10.6 Å². The largest absolute Gasteiger partial charge is 0.390 e. The Hall–Kier alpha value is -1.99. The van der Waals surface area contributed by atoms with Crippen LogP contribution >= 0.6 is 11.3 Å². The number of amides is 1. The van der Waals surface area contributed by atoms with E-state index in [0.717, 1.165) is 37.8 Å². The lowest BCUT2D eigenvalue weighted by Crippen LogP contribution is -2.61. The molecule has 4 fully saturated rings. The number of nitrogens with one attached hydrogen (secondary N) is 2. The summed E-state index contributed by atoms with van der Waals surface area (Å²) in [6.45, 7) is 0. The van der Waals surface area contributed by atoms with Gasteiger partial charge in [0.05, 0.1) is 5.60 Å². The fourth-order valence-electron chi connectivity index (χ4n) is 5.44. The summed E-state index contributed by atoms with van der Waals surface area (Å²) < 4.78 is 0. The zero-order valence-electron chi connectivity index (χ0n) is 14.4. The molecule has 4 aliphatic carbocycles. The van der Waals surface area contributed by atoms with E-state index in [1.807, 2.05) is 12.1 Å². The number of rotatable bonds is 4. The van der Waals surface area contributed by atoms with Crippen LogP contribution in [0.15, 0.2) is 29.9 Å². The van der Waals surface area contributed by atoms with Crippen molar-refractivity contribution in [1.82, 2.24) is 15.3 Å². The molecule has 2 unspecified atom stereocenters. The molecule has 0 aliphatic heterocycles. The molecule has 26 heavy (non-hydrogen) atoms. The number of hydrogen-bond donors (Lipinski definition) is 3. The van der Waals surface area contributed by atoms with Crippen LogP contribution in [0.4, 0.5) is 10.8 Å². The Morgan fingerprint density at radius 3 is 2.62 bits per heavy atom. The highest BCUT2D eigenvalue weighted by Crippen LogP contribution is 2.55. The van der Waals surface area contributed by atoms with Crippen molar-refractivity contribution in [3.05, 3.63) is 35.6 Å². The molecule has 3 N–H and O–H groups in total. The maximum atomic E-state index is 12.7. The lowest BCUT2D eigenvalue weighted by atomic mass is 9.52. The lowest BCUT2D eigenvalue weighted by Gasteiger charge is -2.58. The second-order valence-corrected chi connectivity index (χ2v) is 8.95. The van der Waals surface area contributed by atoms with Crippen LogP contribution in [-0.2, 0) is 0 Å². The molecule has 0 radical (unpaired) electrons. The predicted molar refractivity (Wildman–Crippen MR) is 99.4 cm³/mol. The molecule has 0 spiro atoms. The van der Waals surface area contributed by atoms with Crippen molar-refractivity contribution in [2.45, 2.75) is 43.7 Å². The van der Waals surface area contributed by atoms with Gasteiger partial charge in [-0.25, -0.2) is 4.98 Å². The first-order chi connectivity index (χ1) is 12.6. The van der Waals surface area contributed by atoms with Crippen molar-refractivity contribution in [3.63, 3.8) is 0 Å². The van der Waals surface area contributed by atoms with E-state index in [0.29, 0.717) is 28.6 Å². The summed E-state index contributed by atoms with van der Waals surface area (Å²) in [6.07, 6.45) is 8.31. The van der Waals surface area contributed by atoms with Crippen molar-refractivity contribution < 1.29 is 9.90 Å². The molecule has 4 saturated carbocycles. The van der Waals surface area contributed by atoms with Crippen LogP contribution in [0.1, 0.15) is 42.6 Å². The van der Waals surface area contributed by atoms with Crippen LogP contribution in [0.2, 0.25) is 0 Å². The molecular formula is C19H22N4O2S. The highest BCUT2D eigenvalue weighted by molar-refractivity contribution is 7.14. The molecule has 0 saturated heterocycles. The van der Waals surface area contributed by atoms with Crippen molar-refractivity contribution >= 4 is 28.1 Å². The minimum Gasteiger partial charge on any atom is -0.390 e. The van der Waals surface area contributed by atoms with E-state index in [2.05, 4.69) is 20.6 Å². The summed E-state index contributed by atoms with van der Waals surface area (Å²) in [4.78, 5) is 21.1. The predicted octanol–water partition coefficient (Wildman–Crippen LogP) is 2.95. The van der Waals surface area contributed by atoms with Gasteiger partial charge in [-0.2, -0.15) is 0 Å². The van der Waals surface area contributed by atoms with E-state index in [9.17, 15) is 9.90 Å². The molecule has 6 nitrogen and oxygen atoms in total. The van der Waals surface area contributed by atoms with Gasteiger partial charge in [0.25, 0.3) is 5.91 Å². The van der Waals surface area contributed by atoms with E-state index in [4.69, 9.17) is 0 Å². The summed E-state index contributed by atoms with van der Waals surface area (Å²) in [5, 5.41) is 19.6. The number of anilines is 2. The SMILES string of the molecule is O=C(N[C@H]1C2CC3CC1C[C@](O)(C3)C2)c1csc(Nc2ccncc2)n1. The minimum absolute atomic E-state index is 0.103. The Kier molecular flexibility index (Phi) is 3.76. The fraction of sp³-hybridized carbons (Fsp3) is 0.526. The number of thiazole rings is 1. The van der Waals surface area contributed by atoms with Gasteiger partial charge in [-0.1, -0.05) is 0 Å². The van der Waals surface area contributed by atoms with Gasteiger partial charge in [-0.05, 0) is 62.0 Å². The van der Waals surface area contributed by atoms with E-state index >= 15 is 0 Å². The molecule has 0 aromatic carbocycles. The van der Waals surface area contributed by atoms with Gasteiger partial charge >= 0.3 is 0 Å². The first-order valence-electron chi connectivity index (χ1n) is 9.24. The van der Waals surface area contributed by atoms with Crippen LogP contribution in [0.5, 0.6) is 0 Å². The Labute approximate surface area is 156 Å². The summed E-state index contributed by atoms with van der Waals surface area (Å²) in [6, 6.07) is 3.90. The third-order valence-corrected chi connectivity index (χ3v) is 6.96. The molecule has 2 aromatic heterocycles. The number of carbonyl (C=O) groups is 1. The van der Waals surface area contributed by atoms with Gasteiger partial charge in [0.1, 0.15) is 5.69 Å². The average Bonchev–Trinajstić information content (AvgIpc) is 3.06. The fourth-order valence-corrected chi connectivity index (χ4v) is 6.15. The van der Waals surface area contributed by atoms with Crippen molar-refractivity contribution in [1.29, 1.82) is 0 Å². The quantitative estimate of drug-likeness (QED) is 0.770. The molecular weight excluding hydrogens is 348 g/mol. The molecule has 2 heterocycles. The third kappa shape index (κ3) is 2.89. The molecule has 4 bridgehead atoms. The minimum atomic E-state index is -0.472. The first kappa shape index (κ1) is 16.2. The molecule has 7 heteroatoms. The summed E-state index contributed by atoms with van der Waals surface area (Å²) >= 11 is 1.42. The Balaban J connectivity index is 1.27. The number of aliphatic hydroxyl groups is 1. The molecule has 136 valence electrons. The third-order valence-electron chi connectivity index (χ3n) is 6.21. The number of nitrogens with zero attached hydrogens (tertiary/aromatic N) is 2. The van der Waals surface area contributed by atoms with E-state index < -0.39 is 5.60 Å². The smallest absolute Gasteiger partial charge is 0.271 e. The summed E-state index contributed by atoms with van der Waals surface area (Å²) in [5.41, 5.74) is 0.884. The maximum absolute atomic E-state index is 12.7. The average molecular weight is 370 g/mol. The molecule has 2 atom stereocenters. The van der Waals surface area contributed by atoms with Gasteiger partial charge in [0, 0.05) is 29.5 Å². The molecule has 1 amide bonds. The standard InChI is InChI=1S/C19H22N4O2S/c24-17(15-10-26-18(22-15)21-14-1-3-20-4-2-14)23-16-12-5-11-6-13(16)9-19(25,7-11)8-12/h1-4,10-13,16,25H,5-9H2,(H,23,24)(H,20,21,22)/t11?,12?,13?,16-,19-. The van der Waals surface area contributed by atoms with Crippen LogP contribution in [0, 0.1) is 17.8 Å². The number of aromatic nitrogens is 2. The maximum Gasteiger partial charge on any atom is 0.271 e.